The molecule has 1 atom stereocenters. The average molecular weight is 347 g/mol. The normalized spacial score (nSPS) is 16.6. The SMILES string of the molecule is CC(C)(C)C1CN(C(=O)c2ccc(-n3cnnn3)cc2)c2ccccc21. The highest BCUT2D eigenvalue weighted by atomic mass is 16.2. The van der Waals surface area contributed by atoms with Crippen molar-refractivity contribution >= 4 is 11.6 Å². The monoisotopic (exact) mass is 347 g/mol. The van der Waals surface area contributed by atoms with Gasteiger partial charge in [0.25, 0.3) is 5.91 Å². The Morgan fingerprint density at radius 2 is 1.81 bits per heavy atom. The van der Waals surface area contributed by atoms with Crippen LogP contribution < -0.4 is 4.90 Å². The van der Waals surface area contributed by atoms with Gasteiger partial charge < -0.3 is 4.90 Å². The van der Waals surface area contributed by atoms with E-state index in [2.05, 4.69) is 42.4 Å². The highest BCUT2D eigenvalue weighted by Gasteiger charge is 2.38. The fourth-order valence-electron chi connectivity index (χ4n) is 3.53. The molecule has 0 fully saturated rings. The van der Waals surface area contributed by atoms with Gasteiger partial charge in [0, 0.05) is 23.7 Å². The summed E-state index contributed by atoms with van der Waals surface area (Å²) in [5.41, 5.74) is 3.84. The van der Waals surface area contributed by atoms with Crippen LogP contribution in [0.5, 0.6) is 0 Å². The van der Waals surface area contributed by atoms with Crippen molar-refractivity contribution in [3.05, 3.63) is 66.0 Å². The molecule has 26 heavy (non-hydrogen) atoms. The number of anilines is 1. The third kappa shape index (κ3) is 2.77. The molecule has 3 aromatic rings. The molecule has 1 aromatic heterocycles. The van der Waals surface area contributed by atoms with E-state index in [-0.39, 0.29) is 11.3 Å². The van der Waals surface area contributed by atoms with E-state index < -0.39 is 0 Å². The molecular weight excluding hydrogens is 326 g/mol. The van der Waals surface area contributed by atoms with Crippen LogP contribution in [0.2, 0.25) is 0 Å². The first-order valence-corrected chi connectivity index (χ1v) is 8.69. The molecule has 6 heteroatoms. The van der Waals surface area contributed by atoms with Crippen LogP contribution in [-0.4, -0.2) is 32.7 Å². The van der Waals surface area contributed by atoms with Gasteiger partial charge in [-0.05, 0) is 51.7 Å². The Morgan fingerprint density at radius 1 is 1.08 bits per heavy atom. The number of rotatable bonds is 2. The lowest BCUT2D eigenvalue weighted by Crippen LogP contribution is -2.32. The first-order valence-electron chi connectivity index (χ1n) is 8.69. The molecule has 0 saturated carbocycles. The van der Waals surface area contributed by atoms with Gasteiger partial charge in [-0.1, -0.05) is 39.0 Å². The van der Waals surface area contributed by atoms with E-state index >= 15 is 0 Å². The number of benzene rings is 2. The van der Waals surface area contributed by atoms with Gasteiger partial charge in [0.2, 0.25) is 0 Å². The van der Waals surface area contributed by atoms with Crippen LogP contribution in [0.1, 0.15) is 42.6 Å². The molecular formula is C20H21N5O. The third-order valence-corrected chi connectivity index (χ3v) is 4.99. The predicted octanol–water partition coefficient (Wildman–Crippen LogP) is 3.45. The summed E-state index contributed by atoms with van der Waals surface area (Å²) in [5.74, 6) is 0.343. The second-order valence-corrected chi connectivity index (χ2v) is 7.69. The number of amides is 1. The number of hydrogen-bond donors (Lipinski definition) is 0. The number of aromatic nitrogens is 4. The van der Waals surface area contributed by atoms with Crippen molar-refractivity contribution in [3.8, 4) is 5.69 Å². The van der Waals surface area contributed by atoms with Gasteiger partial charge in [0.05, 0.1) is 5.69 Å². The van der Waals surface area contributed by atoms with Crippen molar-refractivity contribution in [2.75, 3.05) is 11.4 Å². The molecule has 0 N–H and O–H groups in total. The summed E-state index contributed by atoms with van der Waals surface area (Å²) in [4.78, 5) is 15.1. The second kappa shape index (κ2) is 6.05. The molecule has 1 aliphatic rings. The van der Waals surface area contributed by atoms with Crippen LogP contribution in [0.4, 0.5) is 5.69 Å². The van der Waals surface area contributed by atoms with Crippen LogP contribution in [0.25, 0.3) is 5.69 Å². The molecule has 0 spiro atoms. The van der Waals surface area contributed by atoms with Crippen LogP contribution >= 0.6 is 0 Å². The smallest absolute Gasteiger partial charge is 0.258 e. The number of carbonyl (C=O) groups excluding carboxylic acids is 1. The van der Waals surface area contributed by atoms with Crippen LogP contribution in [0.3, 0.4) is 0 Å². The number of nitrogens with zero attached hydrogens (tertiary/aromatic N) is 5. The number of fused-ring (bicyclic) bond motifs is 1. The van der Waals surface area contributed by atoms with E-state index in [0.29, 0.717) is 18.0 Å². The van der Waals surface area contributed by atoms with E-state index in [9.17, 15) is 4.79 Å². The lowest BCUT2D eigenvalue weighted by Gasteiger charge is -2.27. The van der Waals surface area contributed by atoms with Crippen molar-refractivity contribution in [2.24, 2.45) is 5.41 Å². The second-order valence-electron chi connectivity index (χ2n) is 7.69. The number of hydrogen-bond acceptors (Lipinski definition) is 4. The molecule has 0 saturated heterocycles. The molecule has 2 aromatic carbocycles. The van der Waals surface area contributed by atoms with E-state index in [4.69, 9.17) is 0 Å². The minimum absolute atomic E-state index is 0.0208. The van der Waals surface area contributed by atoms with Gasteiger partial charge in [-0.3, -0.25) is 4.79 Å². The van der Waals surface area contributed by atoms with Gasteiger partial charge in [-0.25, -0.2) is 4.68 Å². The van der Waals surface area contributed by atoms with E-state index in [1.54, 1.807) is 4.68 Å². The fourth-order valence-corrected chi connectivity index (χ4v) is 3.53. The lowest BCUT2D eigenvalue weighted by molar-refractivity contribution is 0.0986. The summed E-state index contributed by atoms with van der Waals surface area (Å²) in [6, 6.07) is 15.6. The summed E-state index contributed by atoms with van der Waals surface area (Å²) >= 11 is 0. The van der Waals surface area contributed by atoms with E-state index in [1.165, 1.54) is 11.9 Å². The molecule has 6 nitrogen and oxygen atoms in total. The van der Waals surface area contributed by atoms with E-state index in [1.807, 2.05) is 47.4 Å². The molecule has 4 rings (SSSR count). The summed E-state index contributed by atoms with van der Waals surface area (Å²) in [7, 11) is 0. The van der Waals surface area contributed by atoms with Crippen molar-refractivity contribution in [3.63, 3.8) is 0 Å². The molecule has 1 unspecified atom stereocenters. The topological polar surface area (TPSA) is 63.9 Å². The number of para-hydroxylation sites is 1. The van der Waals surface area contributed by atoms with Crippen molar-refractivity contribution < 1.29 is 4.79 Å². The zero-order valence-electron chi connectivity index (χ0n) is 15.1. The Hall–Kier alpha value is -3.02. The summed E-state index contributed by atoms with van der Waals surface area (Å²) in [5, 5.41) is 11.1. The quantitative estimate of drug-likeness (QED) is 0.712. The Kier molecular flexibility index (Phi) is 3.83. The van der Waals surface area contributed by atoms with Gasteiger partial charge in [0.1, 0.15) is 6.33 Å². The number of tetrazole rings is 1. The van der Waals surface area contributed by atoms with Crippen molar-refractivity contribution in [1.82, 2.24) is 20.2 Å². The largest absolute Gasteiger partial charge is 0.307 e. The Labute approximate surface area is 152 Å². The maximum Gasteiger partial charge on any atom is 0.258 e. The summed E-state index contributed by atoms with van der Waals surface area (Å²) < 4.78 is 1.56. The number of carbonyl (C=O) groups is 1. The Morgan fingerprint density at radius 3 is 2.46 bits per heavy atom. The fraction of sp³-hybridized carbons (Fsp3) is 0.300. The minimum Gasteiger partial charge on any atom is -0.307 e. The van der Waals surface area contributed by atoms with Gasteiger partial charge >= 0.3 is 0 Å². The minimum atomic E-state index is 0.0208. The zero-order chi connectivity index (χ0) is 18.3. The highest BCUT2D eigenvalue weighted by Crippen LogP contribution is 2.45. The van der Waals surface area contributed by atoms with Crippen molar-refractivity contribution in [2.45, 2.75) is 26.7 Å². The Bertz CT molecular complexity index is 926. The van der Waals surface area contributed by atoms with Crippen LogP contribution in [0, 0.1) is 5.41 Å². The molecule has 0 aliphatic carbocycles. The molecule has 132 valence electrons. The maximum atomic E-state index is 13.2. The standard InChI is InChI=1S/C20H21N5O/c1-20(2,3)17-12-24(18-7-5-4-6-16(17)18)19(26)14-8-10-15(11-9-14)25-13-21-22-23-25/h4-11,13,17H,12H2,1-3H3. The average Bonchev–Trinajstić information content (AvgIpc) is 3.29. The van der Waals surface area contributed by atoms with E-state index in [0.717, 1.165) is 11.4 Å². The summed E-state index contributed by atoms with van der Waals surface area (Å²) in [6.45, 7) is 7.38. The maximum absolute atomic E-state index is 13.2. The molecule has 0 bridgehead atoms. The molecule has 1 amide bonds. The zero-order valence-corrected chi connectivity index (χ0v) is 15.1. The van der Waals surface area contributed by atoms with Gasteiger partial charge in [-0.15, -0.1) is 5.10 Å². The van der Waals surface area contributed by atoms with Crippen LogP contribution in [0.15, 0.2) is 54.9 Å². The first-order chi connectivity index (χ1) is 12.4. The van der Waals surface area contributed by atoms with Crippen LogP contribution in [-0.2, 0) is 0 Å². The molecule has 0 radical (unpaired) electrons. The Balaban J connectivity index is 1.64. The van der Waals surface area contributed by atoms with Crippen molar-refractivity contribution in [1.29, 1.82) is 0 Å². The van der Waals surface area contributed by atoms with Gasteiger partial charge in [-0.2, -0.15) is 0 Å². The summed E-state index contributed by atoms with van der Waals surface area (Å²) in [6.07, 6.45) is 1.53. The third-order valence-electron chi connectivity index (χ3n) is 4.99. The first kappa shape index (κ1) is 16.4. The van der Waals surface area contributed by atoms with Gasteiger partial charge in [0.15, 0.2) is 0 Å². The highest BCUT2D eigenvalue weighted by molar-refractivity contribution is 6.07. The predicted molar refractivity (Wildman–Crippen MR) is 99.5 cm³/mol. The lowest BCUT2D eigenvalue weighted by atomic mass is 9.78. The molecule has 2 heterocycles. The molecule has 1 aliphatic heterocycles.